The lowest BCUT2D eigenvalue weighted by molar-refractivity contribution is 0.880. The molecule has 0 amide bonds. The average Bonchev–Trinajstić information content (AvgIpc) is 2.39. The summed E-state index contributed by atoms with van der Waals surface area (Å²) in [5.74, 6) is 0.934. The quantitative estimate of drug-likeness (QED) is 0.915. The number of nitrogens with zero attached hydrogens (tertiary/aromatic N) is 2. The Hall–Kier alpha value is -1.74. The topological polar surface area (TPSA) is 28.2 Å². The molecular formula is C15H18ClN3. The van der Waals surface area contributed by atoms with Gasteiger partial charge in [0, 0.05) is 31.4 Å². The minimum atomic E-state index is 0.195. The van der Waals surface area contributed by atoms with Gasteiger partial charge >= 0.3 is 0 Å². The lowest BCUT2D eigenvalue weighted by Gasteiger charge is -2.21. The fourth-order valence-electron chi connectivity index (χ4n) is 1.93. The summed E-state index contributed by atoms with van der Waals surface area (Å²) in [5.41, 5.74) is 2.22. The molecule has 2 rings (SSSR count). The molecule has 0 radical (unpaired) electrons. The molecule has 2 aromatic rings. The Morgan fingerprint density at radius 2 is 1.84 bits per heavy atom. The van der Waals surface area contributed by atoms with E-state index in [2.05, 4.69) is 17.2 Å². The van der Waals surface area contributed by atoms with E-state index in [1.54, 1.807) is 6.20 Å². The first kappa shape index (κ1) is 13.7. The Bertz CT molecular complexity index is 537. The van der Waals surface area contributed by atoms with Crippen molar-refractivity contribution < 1.29 is 0 Å². The number of nitrogens with one attached hydrogen (secondary N) is 1. The van der Waals surface area contributed by atoms with Gasteiger partial charge in [0.25, 0.3) is 0 Å². The molecule has 1 N–H and O–H groups in total. The molecule has 0 spiro atoms. The van der Waals surface area contributed by atoms with Crippen LogP contribution < -0.4 is 10.2 Å². The first-order chi connectivity index (χ1) is 9.08. The van der Waals surface area contributed by atoms with Crippen LogP contribution in [0.1, 0.15) is 18.5 Å². The molecule has 1 unspecified atom stereocenters. The minimum absolute atomic E-state index is 0.195. The summed E-state index contributed by atoms with van der Waals surface area (Å²) < 4.78 is 0. The monoisotopic (exact) mass is 275 g/mol. The van der Waals surface area contributed by atoms with Crippen LogP contribution in [0, 0.1) is 0 Å². The van der Waals surface area contributed by atoms with E-state index >= 15 is 0 Å². The van der Waals surface area contributed by atoms with Gasteiger partial charge in [-0.1, -0.05) is 23.7 Å². The third kappa shape index (κ3) is 3.38. The Morgan fingerprint density at radius 1 is 1.16 bits per heavy atom. The zero-order valence-corrected chi connectivity index (χ0v) is 12.1. The van der Waals surface area contributed by atoms with E-state index in [1.165, 1.54) is 5.56 Å². The second-order valence-corrected chi connectivity index (χ2v) is 5.12. The van der Waals surface area contributed by atoms with Gasteiger partial charge in [-0.3, -0.25) is 0 Å². The van der Waals surface area contributed by atoms with Gasteiger partial charge in [-0.05, 0) is 36.8 Å². The van der Waals surface area contributed by atoms with Gasteiger partial charge in [-0.25, -0.2) is 4.98 Å². The highest BCUT2D eigenvalue weighted by molar-refractivity contribution is 6.30. The van der Waals surface area contributed by atoms with Gasteiger partial charge < -0.3 is 10.2 Å². The summed E-state index contributed by atoms with van der Waals surface area (Å²) in [7, 11) is 3.97. The molecule has 0 aliphatic heterocycles. The molecule has 0 saturated carbocycles. The van der Waals surface area contributed by atoms with Crippen molar-refractivity contribution in [2.45, 2.75) is 13.0 Å². The Kier molecular flexibility index (Phi) is 4.27. The van der Waals surface area contributed by atoms with Gasteiger partial charge in [0.2, 0.25) is 0 Å². The van der Waals surface area contributed by atoms with Crippen molar-refractivity contribution in [2.75, 3.05) is 24.3 Å². The number of aromatic nitrogens is 1. The summed E-state index contributed by atoms with van der Waals surface area (Å²) in [6, 6.07) is 12.0. The normalized spacial score (nSPS) is 12.0. The standard InChI is InChI=1S/C15H18ClN3/c1-11(12-6-8-13(16)9-7-12)18-14-5-4-10-17-15(14)19(2)3/h4-11,18H,1-3H3. The second-order valence-electron chi connectivity index (χ2n) is 4.69. The third-order valence-corrected chi connectivity index (χ3v) is 3.20. The van der Waals surface area contributed by atoms with E-state index < -0.39 is 0 Å². The van der Waals surface area contributed by atoms with Gasteiger partial charge in [-0.15, -0.1) is 0 Å². The van der Waals surface area contributed by atoms with Crippen LogP contribution in [-0.4, -0.2) is 19.1 Å². The number of rotatable bonds is 4. The first-order valence-corrected chi connectivity index (χ1v) is 6.60. The highest BCUT2D eigenvalue weighted by atomic mass is 35.5. The van der Waals surface area contributed by atoms with Crippen LogP contribution in [-0.2, 0) is 0 Å². The highest BCUT2D eigenvalue weighted by Crippen LogP contribution is 2.26. The van der Waals surface area contributed by atoms with Crippen LogP contribution in [0.5, 0.6) is 0 Å². The van der Waals surface area contributed by atoms with Crippen LogP contribution in [0.15, 0.2) is 42.6 Å². The van der Waals surface area contributed by atoms with Crippen LogP contribution in [0.4, 0.5) is 11.5 Å². The fraction of sp³-hybridized carbons (Fsp3) is 0.267. The van der Waals surface area contributed by atoms with Crippen molar-refractivity contribution >= 4 is 23.1 Å². The van der Waals surface area contributed by atoms with E-state index in [0.29, 0.717) is 0 Å². The molecule has 4 heteroatoms. The van der Waals surface area contributed by atoms with Crippen LogP contribution in [0.25, 0.3) is 0 Å². The molecule has 0 fully saturated rings. The van der Waals surface area contributed by atoms with Gasteiger partial charge in [-0.2, -0.15) is 0 Å². The molecule has 0 aliphatic carbocycles. The number of halogens is 1. The fourth-order valence-corrected chi connectivity index (χ4v) is 2.06. The Labute approximate surface area is 119 Å². The summed E-state index contributed by atoms with van der Waals surface area (Å²) in [6.07, 6.45) is 1.80. The van der Waals surface area contributed by atoms with Crippen molar-refractivity contribution in [1.82, 2.24) is 4.98 Å². The first-order valence-electron chi connectivity index (χ1n) is 6.22. The van der Waals surface area contributed by atoms with Crippen LogP contribution in [0.3, 0.4) is 0 Å². The molecule has 0 saturated heterocycles. The second kappa shape index (κ2) is 5.93. The molecule has 3 nitrogen and oxygen atoms in total. The highest BCUT2D eigenvalue weighted by Gasteiger charge is 2.10. The van der Waals surface area contributed by atoms with Crippen LogP contribution >= 0.6 is 11.6 Å². The van der Waals surface area contributed by atoms with E-state index in [0.717, 1.165) is 16.5 Å². The van der Waals surface area contributed by atoms with Gasteiger partial charge in [0.05, 0.1) is 5.69 Å². The maximum atomic E-state index is 5.91. The number of benzene rings is 1. The molecular weight excluding hydrogens is 258 g/mol. The zero-order valence-electron chi connectivity index (χ0n) is 11.4. The predicted octanol–water partition coefficient (Wildman–Crippen LogP) is 3.97. The van der Waals surface area contributed by atoms with Crippen molar-refractivity contribution in [3.8, 4) is 0 Å². The van der Waals surface area contributed by atoms with E-state index in [4.69, 9.17) is 11.6 Å². The molecule has 1 aromatic carbocycles. The summed E-state index contributed by atoms with van der Waals surface area (Å²) in [5, 5.41) is 4.24. The summed E-state index contributed by atoms with van der Waals surface area (Å²) >= 11 is 5.91. The number of anilines is 2. The van der Waals surface area contributed by atoms with Crippen molar-refractivity contribution in [2.24, 2.45) is 0 Å². The largest absolute Gasteiger partial charge is 0.376 e. The van der Waals surface area contributed by atoms with Crippen molar-refractivity contribution in [3.63, 3.8) is 0 Å². The zero-order chi connectivity index (χ0) is 13.8. The number of hydrogen-bond donors (Lipinski definition) is 1. The molecule has 19 heavy (non-hydrogen) atoms. The molecule has 0 aliphatic rings. The SMILES string of the molecule is CC(Nc1cccnc1N(C)C)c1ccc(Cl)cc1. The Morgan fingerprint density at radius 3 is 2.47 bits per heavy atom. The lowest BCUT2D eigenvalue weighted by Crippen LogP contribution is -2.15. The number of pyridine rings is 1. The van der Waals surface area contributed by atoms with E-state index in [1.807, 2.05) is 55.4 Å². The molecule has 1 aromatic heterocycles. The maximum absolute atomic E-state index is 5.91. The third-order valence-electron chi connectivity index (χ3n) is 2.95. The van der Waals surface area contributed by atoms with Gasteiger partial charge in [0.1, 0.15) is 0 Å². The van der Waals surface area contributed by atoms with Crippen molar-refractivity contribution in [1.29, 1.82) is 0 Å². The molecule has 0 bridgehead atoms. The summed E-state index contributed by atoms with van der Waals surface area (Å²) in [4.78, 5) is 6.38. The minimum Gasteiger partial charge on any atom is -0.376 e. The average molecular weight is 276 g/mol. The molecule has 1 atom stereocenters. The molecule has 100 valence electrons. The van der Waals surface area contributed by atoms with Crippen molar-refractivity contribution in [3.05, 3.63) is 53.2 Å². The predicted molar refractivity (Wildman–Crippen MR) is 82.1 cm³/mol. The van der Waals surface area contributed by atoms with Gasteiger partial charge in [0.15, 0.2) is 5.82 Å². The van der Waals surface area contributed by atoms with E-state index in [-0.39, 0.29) is 6.04 Å². The van der Waals surface area contributed by atoms with Crippen LogP contribution in [0.2, 0.25) is 5.02 Å². The lowest BCUT2D eigenvalue weighted by atomic mass is 10.1. The van der Waals surface area contributed by atoms with E-state index in [9.17, 15) is 0 Å². The maximum Gasteiger partial charge on any atom is 0.151 e. The number of hydrogen-bond acceptors (Lipinski definition) is 3. The molecule has 1 heterocycles. The smallest absolute Gasteiger partial charge is 0.151 e. The Balaban J connectivity index is 2.19. The summed E-state index contributed by atoms with van der Waals surface area (Å²) in [6.45, 7) is 2.12.